The van der Waals surface area contributed by atoms with Crippen LogP contribution < -0.4 is 0 Å². The van der Waals surface area contributed by atoms with Gasteiger partial charge in [0.1, 0.15) is 0 Å². The van der Waals surface area contributed by atoms with Gasteiger partial charge < -0.3 is 0 Å². The monoisotopic (exact) mass is 177 g/mol. The summed E-state index contributed by atoms with van der Waals surface area (Å²) in [4.78, 5) is 0. The largest absolute Gasteiger partial charge is 0.0654 e. The van der Waals surface area contributed by atoms with Gasteiger partial charge in [-0.2, -0.15) is 0 Å². The Morgan fingerprint density at radius 2 is 1.56 bits per heavy atom. The van der Waals surface area contributed by atoms with Gasteiger partial charge in [-0.25, -0.2) is 0 Å². The van der Waals surface area contributed by atoms with Gasteiger partial charge in [-0.1, -0.05) is 52.4 Å². The third-order valence-electron chi connectivity index (χ3n) is 1.35. The maximum absolute atomic E-state index is 3.78. The Morgan fingerprint density at radius 3 is 2.00 bits per heavy atom. The van der Waals surface area contributed by atoms with Gasteiger partial charge in [-0.15, -0.1) is 0 Å². The number of unbranched alkanes of at least 4 members (excludes halogenated alkanes) is 5. The fourth-order valence-corrected chi connectivity index (χ4v) is 0.780. The number of hydrogen-bond donors (Lipinski definition) is 0. The molecule has 0 amide bonds. The van der Waals surface area contributed by atoms with Crippen molar-refractivity contribution < 1.29 is 19.5 Å². The van der Waals surface area contributed by atoms with E-state index in [2.05, 4.69) is 13.8 Å². The van der Waals surface area contributed by atoms with Crippen LogP contribution in [0.1, 0.15) is 45.4 Å². The molecular formula is C8H17Zn. The number of rotatable bonds is 5. The molecule has 0 saturated carbocycles. The van der Waals surface area contributed by atoms with Crippen LogP contribution in [-0.4, -0.2) is 0 Å². The Balaban J connectivity index is 0. The summed E-state index contributed by atoms with van der Waals surface area (Å²) in [5.74, 6) is 0. The quantitative estimate of drug-likeness (QED) is 0.448. The summed E-state index contributed by atoms with van der Waals surface area (Å²) in [6.45, 7) is 6.02. The molecule has 0 aromatic heterocycles. The second kappa shape index (κ2) is 11.4. The van der Waals surface area contributed by atoms with E-state index in [9.17, 15) is 0 Å². The summed E-state index contributed by atoms with van der Waals surface area (Å²) in [5.41, 5.74) is 0. The molecule has 0 aromatic rings. The van der Waals surface area contributed by atoms with Crippen molar-refractivity contribution >= 4 is 0 Å². The van der Waals surface area contributed by atoms with Crippen molar-refractivity contribution in [3.63, 3.8) is 0 Å². The van der Waals surface area contributed by atoms with Crippen LogP contribution in [0.5, 0.6) is 0 Å². The molecule has 0 bridgehead atoms. The molecular weight excluding hydrogens is 161 g/mol. The molecule has 9 heavy (non-hydrogen) atoms. The summed E-state index contributed by atoms with van der Waals surface area (Å²) in [5, 5.41) is 0. The first-order chi connectivity index (χ1) is 3.91. The molecule has 0 fully saturated rings. The van der Waals surface area contributed by atoms with E-state index in [0.717, 1.165) is 6.42 Å². The van der Waals surface area contributed by atoms with Gasteiger partial charge in [0, 0.05) is 19.5 Å². The van der Waals surface area contributed by atoms with Gasteiger partial charge in [0.05, 0.1) is 0 Å². The summed E-state index contributed by atoms with van der Waals surface area (Å²) in [7, 11) is 0. The zero-order valence-corrected chi connectivity index (χ0v) is 9.62. The zero-order chi connectivity index (χ0) is 6.24. The average molecular weight is 179 g/mol. The first-order valence-corrected chi connectivity index (χ1v) is 3.71. The van der Waals surface area contributed by atoms with Crippen molar-refractivity contribution in [1.29, 1.82) is 0 Å². The van der Waals surface area contributed by atoms with Gasteiger partial charge in [0.25, 0.3) is 0 Å². The second-order valence-electron chi connectivity index (χ2n) is 2.27. The van der Waals surface area contributed by atoms with Crippen LogP contribution in [-0.2, 0) is 19.5 Å². The maximum Gasteiger partial charge on any atom is 0 e. The molecule has 1 heteroatoms. The minimum absolute atomic E-state index is 0. The van der Waals surface area contributed by atoms with E-state index in [1.54, 1.807) is 0 Å². The predicted molar refractivity (Wildman–Crippen MR) is 38.7 cm³/mol. The van der Waals surface area contributed by atoms with Crippen LogP contribution in [0.2, 0.25) is 0 Å². The van der Waals surface area contributed by atoms with E-state index in [1.807, 2.05) is 0 Å². The smallest absolute Gasteiger partial charge is 0 e. The molecule has 0 rings (SSSR count). The zero-order valence-electron chi connectivity index (χ0n) is 6.66. The normalized spacial score (nSPS) is 8.67. The van der Waals surface area contributed by atoms with Gasteiger partial charge in [-0.05, 0) is 0 Å². The average Bonchev–Trinajstić information content (AvgIpc) is 1.81. The van der Waals surface area contributed by atoms with E-state index >= 15 is 0 Å². The van der Waals surface area contributed by atoms with Crippen LogP contribution in [0.4, 0.5) is 0 Å². The maximum atomic E-state index is 3.78. The van der Waals surface area contributed by atoms with Gasteiger partial charge in [-0.3, -0.25) is 0 Å². The number of hydrogen-bond acceptors (Lipinski definition) is 0. The van der Waals surface area contributed by atoms with Gasteiger partial charge in [0.2, 0.25) is 0 Å². The molecule has 0 unspecified atom stereocenters. The van der Waals surface area contributed by atoms with Crippen LogP contribution >= 0.6 is 0 Å². The predicted octanol–water partition coefficient (Wildman–Crippen LogP) is 3.18. The van der Waals surface area contributed by atoms with Crippen molar-refractivity contribution in [2.45, 2.75) is 45.4 Å². The fourth-order valence-electron chi connectivity index (χ4n) is 0.780. The third kappa shape index (κ3) is 12.0. The topological polar surface area (TPSA) is 0 Å². The minimum Gasteiger partial charge on any atom is -0.0654 e. The molecule has 1 radical (unpaired) electrons. The Kier molecular flexibility index (Phi) is 15.6. The standard InChI is InChI=1S/C8H17.Zn/c1-3-5-7-8-6-4-2;/h1,3-8H2,2H3;. The summed E-state index contributed by atoms with van der Waals surface area (Å²) in [6, 6.07) is 0. The first-order valence-electron chi connectivity index (χ1n) is 3.71. The summed E-state index contributed by atoms with van der Waals surface area (Å²) in [6.07, 6.45) is 7.98. The molecule has 0 atom stereocenters. The minimum atomic E-state index is 0. The van der Waals surface area contributed by atoms with Gasteiger partial charge >= 0.3 is 0 Å². The molecule has 51 valence electrons. The SMILES string of the molecule is [CH2]CCCCCCC.[Zn]. The molecule has 0 aromatic carbocycles. The summed E-state index contributed by atoms with van der Waals surface area (Å²) >= 11 is 0. The first kappa shape index (κ1) is 12.3. The van der Waals surface area contributed by atoms with Crippen molar-refractivity contribution in [3.05, 3.63) is 6.92 Å². The van der Waals surface area contributed by atoms with Crippen molar-refractivity contribution in [1.82, 2.24) is 0 Å². The Labute approximate surface area is 72.2 Å². The summed E-state index contributed by atoms with van der Waals surface area (Å²) < 4.78 is 0. The molecule has 0 N–H and O–H groups in total. The Hall–Kier alpha value is 0.623. The Morgan fingerprint density at radius 1 is 1.00 bits per heavy atom. The van der Waals surface area contributed by atoms with E-state index in [4.69, 9.17) is 0 Å². The van der Waals surface area contributed by atoms with Crippen LogP contribution in [0.3, 0.4) is 0 Å². The van der Waals surface area contributed by atoms with Crippen molar-refractivity contribution in [3.8, 4) is 0 Å². The van der Waals surface area contributed by atoms with E-state index < -0.39 is 0 Å². The van der Waals surface area contributed by atoms with Crippen LogP contribution in [0, 0.1) is 6.92 Å². The van der Waals surface area contributed by atoms with E-state index in [0.29, 0.717) is 0 Å². The second-order valence-corrected chi connectivity index (χ2v) is 2.27. The molecule has 0 aliphatic rings. The Bertz CT molecular complexity index is 29.5. The third-order valence-corrected chi connectivity index (χ3v) is 1.35. The molecule has 0 heterocycles. The van der Waals surface area contributed by atoms with E-state index in [1.165, 1.54) is 32.1 Å². The van der Waals surface area contributed by atoms with E-state index in [-0.39, 0.29) is 19.5 Å². The molecule has 0 aliphatic carbocycles. The fraction of sp³-hybridized carbons (Fsp3) is 0.875. The molecule has 0 aliphatic heterocycles. The van der Waals surface area contributed by atoms with Crippen molar-refractivity contribution in [2.24, 2.45) is 0 Å². The van der Waals surface area contributed by atoms with Crippen LogP contribution in [0.15, 0.2) is 0 Å². The van der Waals surface area contributed by atoms with Crippen molar-refractivity contribution in [2.75, 3.05) is 0 Å². The molecule has 0 saturated heterocycles. The molecule has 0 nitrogen and oxygen atoms in total. The molecule has 0 spiro atoms. The van der Waals surface area contributed by atoms with Crippen LogP contribution in [0.25, 0.3) is 0 Å². The van der Waals surface area contributed by atoms with Gasteiger partial charge in [0.15, 0.2) is 0 Å².